The van der Waals surface area contributed by atoms with Crippen LogP contribution in [-0.2, 0) is 25.0 Å². The summed E-state index contributed by atoms with van der Waals surface area (Å²) in [5.41, 5.74) is 0.956. The van der Waals surface area contributed by atoms with Gasteiger partial charge in [0.15, 0.2) is 0 Å². The molecule has 0 bridgehead atoms. The fourth-order valence-corrected chi connectivity index (χ4v) is 5.62. The summed E-state index contributed by atoms with van der Waals surface area (Å²) in [5, 5.41) is 0. The van der Waals surface area contributed by atoms with Gasteiger partial charge in [-0.25, -0.2) is 0 Å². The van der Waals surface area contributed by atoms with Crippen molar-refractivity contribution in [2.75, 3.05) is 40.5 Å². The third kappa shape index (κ3) is 23.2. The fourth-order valence-electron chi connectivity index (χ4n) is 4.97. The lowest BCUT2D eigenvalue weighted by molar-refractivity contribution is -0.147. The van der Waals surface area contributed by atoms with E-state index >= 15 is 0 Å². The molecule has 1 aromatic rings. The maximum absolute atomic E-state index is 11.7. The van der Waals surface area contributed by atoms with E-state index in [2.05, 4.69) is 11.8 Å². The minimum atomic E-state index is -2.02. The third-order valence-corrected chi connectivity index (χ3v) is 8.10. The van der Waals surface area contributed by atoms with E-state index in [0.29, 0.717) is 19.6 Å². The Bertz CT molecular complexity index is 765. The van der Waals surface area contributed by atoms with Gasteiger partial charge in [0.2, 0.25) is 0 Å². The van der Waals surface area contributed by atoms with E-state index < -0.39 is 14.7 Å². The van der Waals surface area contributed by atoms with Crippen molar-refractivity contribution in [3.63, 3.8) is 0 Å². The van der Waals surface area contributed by atoms with Crippen molar-refractivity contribution in [1.82, 2.24) is 4.90 Å². The number of carbonyl (C=O) groups excluding carboxylic acids is 1. The smallest absolute Gasteiger partial charge is 0.329 e. The van der Waals surface area contributed by atoms with Gasteiger partial charge in [-0.3, -0.25) is 4.79 Å². The van der Waals surface area contributed by atoms with E-state index in [1.54, 1.807) is 0 Å². The van der Waals surface area contributed by atoms with Crippen molar-refractivity contribution in [1.29, 1.82) is 0 Å². The van der Waals surface area contributed by atoms with Gasteiger partial charge in [0.05, 0.1) is 19.8 Å². The molecule has 0 radical (unpaired) electrons. The standard InChI is InChI=1S/C34H62NO6P/c1-5-6-7-8-9-10-11-12-13-14-15-16-17-18-19-22-27-38-34-25-21-20-24-32(34)29-33(41-31(2)36)30-40-42(37)39-28-23-26-35(3)4/h20-21,24-25,33,37H,5-19,22-23,26-30H2,1-4H3. The number of para-hydroxylation sites is 1. The predicted octanol–water partition coefficient (Wildman–Crippen LogP) is 9.01. The molecule has 1 aromatic carbocycles. The summed E-state index contributed by atoms with van der Waals surface area (Å²) in [5.74, 6) is 0.422. The number of esters is 1. The molecule has 0 aliphatic carbocycles. The van der Waals surface area contributed by atoms with Gasteiger partial charge in [-0.1, -0.05) is 121 Å². The summed E-state index contributed by atoms with van der Waals surface area (Å²) in [4.78, 5) is 23.8. The van der Waals surface area contributed by atoms with Gasteiger partial charge in [0.25, 0.3) is 0 Å². The molecule has 7 nitrogen and oxygen atoms in total. The first kappa shape index (κ1) is 38.8. The normalized spacial score (nSPS) is 12.9. The van der Waals surface area contributed by atoms with Crippen LogP contribution in [0.3, 0.4) is 0 Å². The van der Waals surface area contributed by atoms with Gasteiger partial charge in [-0.05, 0) is 45.1 Å². The molecule has 2 unspecified atom stereocenters. The lowest BCUT2D eigenvalue weighted by Gasteiger charge is -2.20. The molecule has 0 aromatic heterocycles. The highest BCUT2D eigenvalue weighted by atomic mass is 31.2. The molecule has 0 heterocycles. The first-order chi connectivity index (χ1) is 20.4. The van der Waals surface area contributed by atoms with Crippen LogP contribution in [0.25, 0.3) is 0 Å². The number of benzene rings is 1. The van der Waals surface area contributed by atoms with E-state index in [-0.39, 0.29) is 12.6 Å². The lowest BCUT2D eigenvalue weighted by atomic mass is 10.0. The summed E-state index contributed by atoms with van der Waals surface area (Å²) < 4.78 is 22.4. The van der Waals surface area contributed by atoms with Crippen molar-refractivity contribution in [2.24, 2.45) is 0 Å². The Morgan fingerprint density at radius 3 is 1.88 bits per heavy atom. The van der Waals surface area contributed by atoms with Crippen LogP contribution >= 0.6 is 8.60 Å². The molecule has 244 valence electrons. The van der Waals surface area contributed by atoms with Crippen LogP contribution in [0.1, 0.15) is 129 Å². The fraction of sp³-hybridized carbons (Fsp3) is 0.794. The second-order valence-corrected chi connectivity index (χ2v) is 12.7. The van der Waals surface area contributed by atoms with Crippen molar-refractivity contribution < 1.29 is 28.2 Å². The number of hydrogen-bond acceptors (Lipinski definition) is 7. The van der Waals surface area contributed by atoms with Crippen LogP contribution < -0.4 is 4.74 Å². The minimum absolute atomic E-state index is 0.0585. The molecular formula is C34H62NO6P. The van der Waals surface area contributed by atoms with Crippen LogP contribution in [0, 0.1) is 0 Å². The van der Waals surface area contributed by atoms with Crippen LogP contribution in [0.15, 0.2) is 24.3 Å². The molecule has 8 heteroatoms. The topological polar surface area (TPSA) is 77.5 Å². The highest BCUT2D eigenvalue weighted by Crippen LogP contribution is 2.33. The number of rotatable bonds is 29. The van der Waals surface area contributed by atoms with Crippen molar-refractivity contribution in [3.05, 3.63) is 29.8 Å². The Balaban J connectivity index is 2.20. The Kier molecular flexibility index (Phi) is 25.2. The Hall–Kier alpha value is -1.24. The molecular weight excluding hydrogens is 549 g/mol. The van der Waals surface area contributed by atoms with Gasteiger partial charge in [-0.2, -0.15) is 0 Å². The number of ether oxygens (including phenoxy) is 2. The molecule has 0 aliphatic rings. The third-order valence-electron chi connectivity index (χ3n) is 7.33. The van der Waals surface area contributed by atoms with Crippen LogP contribution in [-0.4, -0.2) is 62.3 Å². The van der Waals surface area contributed by atoms with Crippen molar-refractivity contribution in [3.8, 4) is 5.75 Å². The quantitative estimate of drug-likeness (QED) is 0.0550. The molecule has 42 heavy (non-hydrogen) atoms. The molecule has 0 spiro atoms. The summed E-state index contributed by atoms with van der Waals surface area (Å²) in [6, 6.07) is 7.85. The molecule has 0 saturated heterocycles. The average molecular weight is 612 g/mol. The van der Waals surface area contributed by atoms with E-state index in [4.69, 9.17) is 18.5 Å². The zero-order valence-corrected chi connectivity index (χ0v) is 28.2. The average Bonchev–Trinajstić information content (AvgIpc) is 2.96. The van der Waals surface area contributed by atoms with Gasteiger partial charge >= 0.3 is 14.6 Å². The van der Waals surface area contributed by atoms with Crippen LogP contribution in [0.4, 0.5) is 0 Å². The summed E-state index contributed by atoms with van der Waals surface area (Å²) in [7, 11) is 1.96. The number of nitrogens with zero attached hydrogens (tertiary/aromatic N) is 1. The van der Waals surface area contributed by atoms with Gasteiger partial charge in [0, 0.05) is 13.3 Å². The minimum Gasteiger partial charge on any atom is -0.493 e. The molecule has 1 N–H and O–H groups in total. The number of hydrogen-bond donors (Lipinski definition) is 1. The van der Waals surface area contributed by atoms with Crippen molar-refractivity contribution in [2.45, 2.75) is 136 Å². The lowest BCUT2D eigenvalue weighted by Crippen LogP contribution is -2.24. The Morgan fingerprint density at radius 2 is 1.33 bits per heavy atom. The summed E-state index contributed by atoms with van der Waals surface area (Å²) in [6.07, 6.45) is 22.3. The second-order valence-electron chi connectivity index (χ2n) is 11.7. The molecule has 0 saturated carbocycles. The van der Waals surface area contributed by atoms with E-state index in [1.807, 2.05) is 38.4 Å². The maximum atomic E-state index is 11.7. The molecule has 0 fully saturated rings. The SMILES string of the molecule is CCCCCCCCCCCCCCCCCCOc1ccccc1CC(COP(O)OCCCN(C)C)OC(C)=O. The first-order valence-electron chi connectivity index (χ1n) is 16.7. The maximum Gasteiger partial charge on any atom is 0.329 e. The van der Waals surface area contributed by atoms with Gasteiger partial charge < -0.3 is 28.3 Å². The Labute approximate surface area is 259 Å². The van der Waals surface area contributed by atoms with Gasteiger partial charge in [0.1, 0.15) is 11.9 Å². The monoisotopic (exact) mass is 611 g/mol. The number of unbranched alkanes of at least 4 members (excludes halogenated alkanes) is 15. The van der Waals surface area contributed by atoms with E-state index in [0.717, 1.165) is 30.7 Å². The molecule has 0 aliphatic heterocycles. The molecule has 2 atom stereocenters. The number of carbonyl (C=O) groups is 1. The van der Waals surface area contributed by atoms with Crippen LogP contribution in [0.5, 0.6) is 5.75 Å². The zero-order valence-electron chi connectivity index (χ0n) is 27.3. The highest BCUT2D eigenvalue weighted by Gasteiger charge is 2.19. The van der Waals surface area contributed by atoms with Crippen LogP contribution in [0.2, 0.25) is 0 Å². The summed E-state index contributed by atoms with van der Waals surface area (Å²) in [6.45, 7) is 5.67. The van der Waals surface area contributed by atoms with Crippen molar-refractivity contribution >= 4 is 14.6 Å². The zero-order chi connectivity index (χ0) is 30.7. The van der Waals surface area contributed by atoms with Gasteiger partial charge in [-0.15, -0.1) is 0 Å². The van der Waals surface area contributed by atoms with E-state index in [9.17, 15) is 9.69 Å². The summed E-state index contributed by atoms with van der Waals surface area (Å²) >= 11 is 0. The Morgan fingerprint density at radius 1 is 0.786 bits per heavy atom. The van der Waals surface area contributed by atoms with E-state index in [1.165, 1.54) is 103 Å². The predicted molar refractivity (Wildman–Crippen MR) is 175 cm³/mol. The first-order valence-corrected chi connectivity index (χ1v) is 17.8. The second kappa shape index (κ2) is 27.3. The molecule has 1 rings (SSSR count). The highest BCUT2D eigenvalue weighted by molar-refractivity contribution is 7.40. The largest absolute Gasteiger partial charge is 0.493 e. The molecule has 0 amide bonds.